The molecule has 0 heterocycles. The van der Waals surface area contributed by atoms with E-state index in [2.05, 4.69) is 10.6 Å². The summed E-state index contributed by atoms with van der Waals surface area (Å²) in [6, 6.07) is 8.33. The van der Waals surface area contributed by atoms with Crippen molar-refractivity contribution in [2.24, 2.45) is 0 Å². The van der Waals surface area contributed by atoms with Crippen LogP contribution in [0.5, 0.6) is 0 Å². The molecule has 1 aromatic carbocycles. The number of benzene rings is 1. The van der Waals surface area contributed by atoms with Crippen LogP contribution in [0.3, 0.4) is 0 Å². The molecule has 0 aliphatic heterocycles. The van der Waals surface area contributed by atoms with Crippen molar-refractivity contribution in [1.82, 2.24) is 5.32 Å². The summed E-state index contributed by atoms with van der Waals surface area (Å²) in [7, 11) is 0. The Hall–Kier alpha value is -2.35. The highest BCUT2D eigenvalue weighted by Crippen LogP contribution is 2.09. The molecule has 0 unspecified atom stereocenters. The van der Waals surface area contributed by atoms with Crippen LogP contribution in [0.15, 0.2) is 24.3 Å². The monoisotopic (exact) mass is 231 g/mol. The van der Waals surface area contributed by atoms with Gasteiger partial charge in [0.05, 0.1) is 11.6 Å². The maximum atomic E-state index is 11.4. The van der Waals surface area contributed by atoms with E-state index in [0.717, 1.165) is 6.42 Å². The number of amides is 2. The first-order chi connectivity index (χ1) is 8.17. The number of nitrogens with zero attached hydrogens (tertiary/aromatic N) is 1. The van der Waals surface area contributed by atoms with Crippen molar-refractivity contribution in [2.75, 3.05) is 11.9 Å². The Labute approximate surface area is 99.4 Å². The number of carbonyl (C=O) groups excluding carboxylic acids is 2. The lowest BCUT2D eigenvalue weighted by molar-refractivity contribution is -0.136. The van der Waals surface area contributed by atoms with E-state index in [1.54, 1.807) is 18.2 Å². The van der Waals surface area contributed by atoms with Gasteiger partial charge in [-0.05, 0) is 24.6 Å². The number of anilines is 1. The van der Waals surface area contributed by atoms with Gasteiger partial charge in [-0.3, -0.25) is 9.59 Å². The number of rotatable bonds is 3. The van der Waals surface area contributed by atoms with Crippen LogP contribution in [0.2, 0.25) is 0 Å². The molecule has 88 valence electrons. The standard InChI is InChI=1S/C12H13N3O2/c1-2-6-14-11(16)12(17)15-10-5-3-4-9(7-10)8-13/h3-5,7H,2,6H2,1H3,(H,14,16)(H,15,17). The highest BCUT2D eigenvalue weighted by molar-refractivity contribution is 6.39. The fraction of sp³-hybridized carbons (Fsp3) is 0.250. The van der Waals surface area contributed by atoms with Crippen molar-refractivity contribution in [2.45, 2.75) is 13.3 Å². The Balaban J connectivity index is 2.62. The van der Waals surface area contributed by atoms with Crippen LogP contribution in [-0.4, -0.2) is 18.4 Å². The van der Waals surface area contributed by atoms with E-state index in [-0.39, 0.29) is 0 Å². The van der Waals surface area contributed by atoms with E-state index in [1.807, 2.05) is 13.0 Å². The van der Waals surface area contributed by atoms with Crippen molar-refractivity contribution in [1.29, 1.82) is 5.26 Å². The summed E-state index contributed by atoms with van der Waals surface area (Å²) in [6.45, 7) is 2.36. The zero-order valence-electron chi connectivity index (χ0n) is 9.49. The fourth-order valence-electron chi connectivity index (χ4n) is 1.17. The highest BCUT2D eigenvalue weighted by Gasteiger charge is 2.12. The molecule has 2 amide bonds. The molecule has 0 aromatic heterocycles. The van der Waals surface area contributed by atoms with Crippen LogP contribution in [-0.2, 0) is 9.59 Å². The molecule has 2 N–H and O–H groups in total. The molecule has 0 fully saturated rings. The molecule has 0 spiro atoms. The quantitative estimate of drug-likeness (QED) is 0.762. The SMILES string of the molecule is CCCNC(=O)C(=O)Nc1cccc(C#N)c1. The van der Waals surface area contributed by atoms with Crippen LogP contribution in [0.4, 0.5) is 5.69 Å². The lowest BCUT2D eigenvalue weighted by Gasteiger charge is -2.05. The minimum absolute atomic E-state index is 0.428. The maximum absolute atomic E-state index is 11.4. The summed E-state index contributed by atoms with van der Waals surface area (Å²) in [5.41, 5.74) is 0.859. The van der Waals surface area contributed by atoms with E-state index >= 15 is 0 Å². The second kappa shape index (κ2) is 6.28. The summed E-state index contributed by atoms with van der Waals surface area (Å²) in [4.78, 5) is 22.7. The Morgan fingerprint density at radius 3 is 2.76 bits per heavy atom. The second-order valence-electron chi connectivity index (χ2n) is 3.40. The minimum Gasteiger partial charge on any atom is -0.348 e. The predicted molar refractivity (Wildman–Crippen MR) is 63.1 cm³/mol. The summed E-state index contributed by atoms with van der Waals surface area (Å²) in [5, 5.41) is 13.6. The van der Waals surface area contributed by atoms with E-state index in [9.17, 15) is 9.59 Å². The molecule has 0 atom stereocenters. The molecular formula is C12H13N3O2. The van der Waals surface area contributed by atoms with Gasteiger partial charge >= 0.3 is 11.8 Å². The molecule has 5 nitrogen and oxygen atoms in total. The molecule has 1 rings (SSSR count). The fourth-order valence-corrected chi connectivity index (χ4v) is 1.17. The first-order valence-electron chi connectivity index (χ1n) is 5.26. The van der Waals surface area contributed by atoms with Gasteiger partial charge < -0.3 is 10.6 Å². The van der Waals surface area contributed by atoms with Crippen LogP contribution in [0, 0.1) is 11.3 Å². The minimum atomic E-state index is -0.728. The van der Waals surface area contributed by atoms with E-state index in [1.165, 1.54) is 6.07 Å². The molecule has 0 saturated carbocycles. The van der Waals surface area contributed by atoms with Crippen molar-refractivity contribution < 1.29 is 9.59 Å². The van der Waals surface area contributed by atoms with Crippen LogP contribution < -0.4 is 10.6 Å². The summed E-state index contributed by atoms with van der Waals surface area (Å²) < 4.78 is 0. The number of nitriles is 1. The number of nitrogens with one attached hydrogen (secondary N) is 2. The molecule has 17 heavy (non-hydrogen) atoms. The van der Waals surface area contributed by atoms with Gasteiger partial charge in [0.2, 0.25) is 0 Å². The molecule has 0 aliphatic rings. The summed E-state index contributed by atoms with van der Waals surface area (Å²) in [5.74, 6) is -1.40. The van der Waals surface area contributed by atoms with Crippen molar-refractivity contribution in [3.8, 4) is 6.07 Å². The van der Waals surface area contributed by atoms with Gasteiger partial charge in [0.15, 0.2) is 0 Å². The maximum Gasteiger partial charge on any atom is 0.313 e. The van der Waals surface area contributed by atoms with Crippen molar-refractivity contribution >= 4 is 17.5 Å². The van der Waals surface area contributed by atoms with Gasteiger partial charge in [0, 0.05) is 12.2 Å². The molecular weight excluding hydrogens is 218 g/mol. The zero-order chi connectivity index (χ0) is 12.7. The zero-order valence-corrected chi connectivity index (χ0v) is 9.49. The smallest absolute Gasteiger partial charge is 0.313 e. The van der Waals surface area contributed by atoms with Crippen LogP contribution >= 0.6 is 0 Å². The normalized spacial score (nSPS) is 9.18. The molecule has 1 aromatic rings. The van der Waals surface area contributed by atoms with Gasteiger partial charge in [-0.1, -0.05) is 13.0 Å². The first kappa shape index (κ1) is 12.7. The molecule has 0 saturated heterocycles. The van der Waals surface area contributed by atoms with E-state index < -0.39 is 11.8 Å². The number of carbonyl (C=O) groups is 2. The highest BCUT2D eigenvalue weighted by atomic mass is 16.2. The topological polar surface area (TPSA) is 82.0 Å². The lowest BCUT2D eigenvalue weighted by atomic mass is 10.2. The average molecular weight is 231 g/mol. The van der Waals surface area contributed by atoms with Crippen LogP contribution in [0.25, 0.3) is 0 Å². The van der Waals surface area contributed by atoms with E-state index in [4.69, 9.17) is 5.26 Å². The van der Waals surface area contributed by atoms with Gasteiger partial charge in [0.1, 0.15) is 0 Å². The predicted octanol–water partition coefficient (Wildman–Crippen LogP) is 1.02. The third kappa shape index (κ3) is 3.95. The molecule has 0 aliphatic carbocycles. The average Bonchev–Trinajstić information content (AvgIpc) is 2.36. The van der Waals surface area contributed by atoms with Gasteiger partial charge in [-0.25, -0.2) is 0 Å². The van der Waals surface area contributed by atoms with Gasteiger partial charge in [0.25, 0.3) is 0 Å². The summed E-state index contributed by atoms with van der Waals surface area (Å²) >= 11 is 0. The van der Waals surface area contributed by atoms with Crippen molar-refractivity contribution in [3.63, 3.8) is 0 Å². The molecule has 0 bridgehead atoms. The molecule has 5 heteroatoms. The lowest BCUT2D eigenvalue weighted by Crippen LogP contribution is -2.35. The number of hydrogen-bond acceptors (Lipinski definition) is 3. The van der Waals surface area contributed by atoms with Gasteiger partial charge in [-0.2, -0.15) is 5.26 Å². The van der Waals surface area contributed by atoms with Gasteiger partial charge in [-0.15, -0.1) is 0 Å². The Kier molecular flexibility index (Phi) is 4.70. The first-order valence-corrected chi connectivity index (χ1v) is 5.26. The Bertz CT molecular complexity index is 463. The van der Waals surface area contributed by atoms with Crippen LogP contribution in [0.1, 0.15) is 18.9 Å². The van der Waals surface area contributed by atoms with Crippen molar-refractivity contribution in [3.05, 3.63) is 29.8 Å². The Morgan fingerprint density at radius 2 is 2.12 bits per heavy atom. The summed E-state index contributed by atoms with van der Waals surface area (Å²) in [6.07, 6.45) is 0.767. The van der Waals surface area contributed by atoms with E-state index in [0.29, 0.717) is 17.8 Å². The number of hydrogen-bond donors (Lipinski definition) is 2. The molecule has 0 radical (unpaired) electrons. The largest absolute Gasteiger partial charge is 0.348 e. The third-order valence-corrected chi connectivity index (χ3v) is 1.99. The third-order valence-electron chi connectivity index (χ3n) is 1.99. The second-order valence-corrected chi connectivity index (χ2v) is 3.40. The Morgan fingerprint density at radius 1 is 1.35 bits per heavy atom.